The predicted octanol–water partition coefficient (Wildman–Crippen LogP) is 4.03. The number of carbonyl (C=O) groups excluding carboxylic acids is 1. The van der Waals surface area contributed by atoms with E-state index >= 15 is 0 Å². The zero-order chi connectivity index (χ0) is 16.7. The molecule has 2 aliphatic rings. The van der Waals surface area contributed by atoms with Crippen molar-refractivity contribution in [2.75, 3.05) is 6.54 Å². The summed E-state index contributed by atoms with van der Waals surface area (Å²) in [5.41, 5.74) is 2.09. The van der Waals surface area contributed by atoms with Crippen LogP contribution in [0.3, 0.4) is 0 Å². The smallest absolute Gasteiger partial charge is 0.223 e. The standard InChI is InChI=1S/C20H23FN2O/c1-2-22-20(24)15-9-12-7-14(8-13(12)10-15)17-5-6-23-19-4-3-16(21)11-18(17)19/h3-6,11-15H,2,7-10H2,1H3,(H,22,24). The molecule has 1 N–H and O–H groups in total. The number of pyridine rings is 1. The molecule has 0 spiro atoms. The number of nitrogens with zero attached hydrogens (tertiary/aromatic N) is 1. The predicted molar refractivity (Wildman–Crippen MR) is 92.1 cm³/mol. The van der Waals surface area contributed by atoms with Crippen LogP contribution in [0.1, 0.15) is 44.1 Å². The van der Waals surface area contributed by atoms with Gasteiger partial charge in [-0.15, -0.1) is 0 Å². The topological polar surface area (TPSA) is 42.0 Å². The first-order valence-electron chi connectivity index (χ1n) is 8.97. The Morgan fingerprint density at radius 2 is 1.96 bits per heavy atom. The summed E-state index contributed by atoms with van der Waals surface area (Å²) >= 11 is 0. The fourth-order valence-electron chi connectivity index (χ4n) is 4.90. The Kier molecular flexibility index (Phi) is 3.99. The van der Waals surface area contributed by atoms with Crippen LogP contribution in [-0.4, -0.2) is 17.4 Å². The molecule has 0 aliphatic heterocycles. The summed E-state index contributed by atoms with van der Waals surface area (Å²) < 4.78 is 13.7. The van der Waals surface area contributed by atoms with Gasteiger partial charge in [0, 0.05) is 24.0 Å². The van der Waals surface area contributed by atoms with Crippen molar-refractivity contribution in [3.05, 3.63) is 41.8 Å². The fraction of sp³-hybridized carbons (Fsp3) is 0.500. The van der Waals surface area contributed by atoms with E-state index in [1.165, 1.54) is 11.6 Å². The summed E-state index contributed by atoms with van der Waals surface area (Å²) in [6.07, 6.45) is 6.06. The lowest BCUT2D eigenvalue weighted by molar-refractivity contribution is -0.124. The molecule has 126 valence electrons. The lowest BCUT2D eigenvalue weighted by atomic mass is 9.90. The van der Waals surface area contributed by atoms with Gasteiger partial charge in [0.2, 0.25) is 5.91 Å². The van der Waals surface area contributed by atoms with Crippen LogP contribution in [0.15, 0.2) is 30.5 Å². The summed E-state index contributed by atoms with van der Waals surface area (Å²) in [5, 5.41) is 3.91. The first-order chi connectivity index (χ1) is 11.7. The molecule has 24 heavy (non-hydrogen) atoms. The van der Waals surface area contributed by atoms with Crippen molar-refractivity contribution in [3.8, 4) is 0 Å². The molecular weight excluding hydrogens is 303 g/mol. The zero-order valence-electron chi connectivity index (χ0n) is 14.0. The summed E-state index contributed by atoms with van der Waals surface area (Å²) in [5.74, 6) is 1.92. The number of carbonyl (C=O) groups is 1. The highest BCUT2D eigenvalue weighted by Gasteiger charge is 2.44. The van der Waals surface area contributed by atoms with Gasteiger partial charge in [0.1, 0.15) is 5.82 Å². The van der Waals surface area contributed by atoms with Gasteiger partial charge >= 0.3 is 0 Å². The highest BCUT2D eigenvalue weighted by molar-refractivity contribution is 5.82. The quantitative estimate of drug-likeness (QED) is 0.925. The first kappa shape index (κ1) is 15.6. The molecule has 2 aliphatic carbocycles. The van der Waals surface area contributed by atoms with Crippen LogP contribution in [0.25, 0.3) is 10.9 Å². The van der Waals surface area contributed by atoms with Gasteiger partial charge in [0.05, 0.1) is 5.52 Å². The minimum Gasteiger partial charge on any atom is -0.356 e. The molecule has 2 aromatic rings. The maximum atomic E-state index is 13.7. The zero-order valence-corrected chi connectivity index (χ0v) is 14.0. The number of aromatic nitrogens is 1. The Morgan fingerprint density at radius 3 is 2.67 bits per heavy atom. The molecule has 0 saturated heterocycles. The lowest BCUT2D eigenvalue weighted by Crippen LogP contribution is -2.29. The Bertz CT molecular complexity index is 761. The molecule has 3 nitrogen and oxygen atoms in total. The van der Waals surface area contributed by atoms with Gasteiger partial charge in [-0.05, 0) is 80.2 Å². The molecule has 0 radical (unpaired) electrons. The maximum Gasteiger partial charge on any atom is 0.223 e. The second kappa shape index (κ2) is 6.15. The number of hydrogen-bond donors (Lipinski definition) is 1. The second-order valence-electron chi connectivity index (χ2n) is 7.31. The summed E-state index contributed by atoms with van der Waals surface area (Å²) in [4.78, 5) is 16.4. The summed E-state index contributed by atoms with van der Waals surface area (Å²) in [7, 11) is 0. The maximum absolute atomic E-state index is 13.7. The summed E-state index contributed by atoms with van der Waals surface area (Å²) in [6.45, 7) is 2.68. The van der Waals surface area contributed by atoms with E-state index in [2.05, 4.69) is 16.4 Å². The van der Waals surface area contributed by atoms with Crippen LogP contribution < -0.4 is 5.32 Å². The molecule has 1 aromatic heterocycles. The van der Waals surface area contributed by atoms with Gasteiger partial charge in [-0.25, -0.2) is 4.39 Å². The Balaban J connectivity index is 1.54. The van der Waals surface area contributed by atoms with Gasteiger partial charge < -0.3 is 5.32 Å². The van der Waals surface area contributed by atoms with E-state index in [1.807, 2.05) is 13.1 Å². The molecule has 0 bridgehead atoms. The Hall–Kier alpha value is -1.97. The van der Waals surface area contributed by atoms with Crippen molar-refractivity contribution in [3.63, 3.8) is 0 Å². The minimum atomic E-state index is -0.203. The molecule has 2 atom stereocenters. The molecule has 4 heteroatoms. The van der Waals surface area contributed by atoms with Crippen molar-refractivity contribution in [2.45, 2.75) is 38.5 Å². The van der Waals surface area contributed by atoms with E-state index < -0.39 is 0 Å². The van der Waals surface area contributed by atoms with Crippen molar-refractivity contribution < 1.29 is 9.18 Å². The molecule has 4 rings (SSSR count). The highest BCUT2D eigenvalue weighted by atomic mass is 19.1. The molecule has 1 heterocycles. The van der Waals surface area contributed by atoms with Gasteiger partial charge in [0.25, 0.3) is 0 Å². The Labute approximate surface area is 141 Å². The van der Waals surface area contributed by atoms with E-state index in [0.29, 0.717) is 24.3 Å². The van der Waals surface area contributed by atoms with Gasteiger partial charge in [-0.1, -0.05) is 0 Å². The van der Waals surface area contributed by atoms with Crippen LogP contribution in [0, 0.1) is 23.6 Å². The summed E-state index contributed by atoms with van der Waals surface area (Å²) in [6, 6.07) is 6.90. The van der Waals surface area contributed by atoms with Crippen molar-refractivity contribution in [1.82, 2.24) is 10.3 Å². The molecule has 2 fully saturated rings. The number of halogens is 1. The number of fused-ring (bicyclic) bond motifs is 2. The molecule has 2 unspecified atom stereocenters. The van der Waals surface area contributed by atoms with E-state index in [0.717, 1.165) is 36.6 Å². The molecular formula is C20H23FN2O. The fourth-order valence-corrected chi connectivity index (χ4v) is 4.90. The number of nitrogens with one attached hydrogen (secondary N) is 1. The number of amides is 1. The second-order valence-corrected chi connectivity index (χ2v) is 7.31. The third-order valence-electron chi connectivity index (χ3n) is 5.91. The van der Waals surface area contributed by atoms with E-state index in [9.17, 15) is 9.18 Å². The molecule has 1 amide bonds. The first-order valence-corrected chi connectivity index (χ1v) is 8.97. The number of benzene rings is 1. The van der Waals surface area contributed by atoms with Crippen molar-refractivity contribution in [1.29, 1.82) is 0 Å². The molecule has 2 saturated carbocycles. The average Bonchev–Trinajstić information content (AvgIpc) is 3.13. The van der Waals surface area contributed by atoms with Crippen LogP contribution >= 0.6 is 0 Å². The van der Waals surface area contributed by atoms with Crippen LogP contribution in [0.5, 0.6) is 0 Å². The number of rotatable bonds is 3. The Morgan fingerprint density at radius 1 is 1.21 bits per heavy atom. The highest BCUT2D eigenvalue weighted by Crippen LogP contribution is 2.53. The van der Waals surface area contributed by atoms with E-state index in [-0.39, 0.29) is 17.6 Å². The monoisotopic (exact) mass is 326 g/mol. The molecule has 1 aromatic carbocycles. The number of hydrogen-bond acceptors (Lipinski definition) is 2. The minimum absolute atomic E-state index is 0.188. The third kappa shape index (κ3) is 2.68. The SMILES string of the molecule is CCNC(=O)C1CC2CC(c3ccnc4ccc(F)cc34)CC2C1. The largest absolute Gasteiger partial charge is 0.356 e. The third-order valence-corrected chi connectivity index (χ3v) is 5.91. The van der Waals surface area contributed by atoms with Crippen molar-refractivity contribution >= 4 is 16.8 Å². The lowest BCUT2D eigenvalue weighted by Gasteiger charge is -2.16. The van der Waals surface area contributed by atoms with Gasteiger partial charge in [-0.2, -0.15) is 0 Å². The van der Waals surface area contributed by atoms with E-state index in [1.54, 1.807) is 12.1 Å². The normalized spacial score (nSPS) is 28.9. The van der Waals surface area contributed by atoms with Crippen LogP contribution in [-0.2, 0) is 4.79 Å². The van der Waals surface area contributed by atoms with E-state index in [4.69, 9.17) is 0 Å². The average molecular weight is 326 g/mol. The van der Waals surface area contributed by atoms with Gasteiger partial charge in [-0.3, -0.25) is 9.78 Å². The van der Waals surface area contributed by atoms with Crippen molar-refractivity contribution in [2.24, 2.45) is 17.8 Å². The van der Waals surface area contributed by atoms with Crippen LogP contribution in [0.2, 0.25) is 0 Å². The van der Waals surface area contributed by atoms with Gasteiger partial charge in [0.15, 0.2) is 0 Å². The van der Waals surface area contributed by atoms with Crippen LogP contribution in [0.4, 0.5) is 4.39 Å².